The quantitative estimate of drug-likeness (QED) is 0.322. The molecule has 0 heterocycles. The van der Waals surface area contributed by atoms with Gasteiger partial charge in [0.2, 0.25) is 0 Å². The van der Waals surface area contributed by atoms with Crippen molar-refractivity contribution < 1.29 is 32.6 Å². The third-order valence-corrected chi connectivity index (χ3v) is 4.65. The van der Waals surface area contributed by atoms with Crippen LogP contribution in [-0.4, -0.2) is 41.0 Å². The molecule has 7 nitrogen and oxygen atoms in total. The Morgan fingerprint density at radius 1 is 1.09 bits per heavy atom. The average Bonchev–Trinajstić information content (AvgIpc) is 2.76. The van der Waals surface area contributed by atoms with Crippen LogP contribution in [0.4, 0.5) is 23.7 Å². The molecule has 0 saturated heterocycles. The van der Waals surface area contributed by atoms with Crippen LogP contribution in [0.15, 0.2) is 48.5 Å². The molecule has 0 saturated carbocycles. The Morgan fingerprint density at radius 3 is 2.27 bits per heavy atom. The number of aryl methyl sites for hydroxylation is 1. The first-order chi connectivity index (χ1) is 15.6. The van der Waals surface area contributed by atoms with Crippen LogP contribution in [-0.2, 0) is 17.4 Å². The average molecular weight is 465 g/mol. The van der Waals surface area contributed by atoms with E-state index in [1.165, 1.54) is 17.0 Å². The first-order valence-corrected chi connectivity index (χ1v) is 10.4. The number of carboxylic acids is 1. The maximum atomic E-state index is 12.7. The molecule has 178 valence electrons. The number of hydrogen-bond acceptors (Lipinski definition) is 4. The lowest BCUT2D eigenvalue weighted by molar-refractivity contribution is -0.139. The van der Waals surface area contributed by atoms with Gasteiger partial charge in [0.25, 0.3) is 0 Å². The van der Waals surface area contributed by atoms with Crippen molar-refractivity contribution in [2.45, 2.75) is 38.8 Å². The molecule has 0 aliphatic rings. The number of aliphatic carboxylic acids is 1. The summed E-state index contributed by atoms with van der Waals surface area (Å²) in [7, 11) is 0. The lowest BCUT2D eigenvalue weighted by atomic mass is 10.1. The van der Waals surface area contributed by atoms with Crippen LogP contribution in [0.3, 0.4) is 0 Å². The molecule has 2 amide bonds. The monoisotopic (exact) mass is 465 g/mol. The van der Waals surface area contributed by atoms with E-state index in [-0.39, 0.29) is 11.5 Å². The first kappa shape index (κ1) is 25.7. The minimum atomic E-state index is -4.45. The number of carboxylic acid groups (broad SMARTS) is 1. The summed E-state index contributed by atoms with van der Waals surface area (Å²) in [5.41, 5.74) is 0.383. The van der Waals surface area contributed by atoms with E-state index in [0.717, 1.165) is 17.7 Å². The number of amidine groups is 1. The summed E-state index contributed by atoms with van der Waals surface area (Å²) >= 11 is 0. The van der Waals surface area contributed by atoms with E-state index in [9.17, 15) is 22.8 Å². The number of ether oxygens (including phenoxy) is 1. The molecule has 10 heteroatoms. The van der Waals surface area contributed by atoms with Crippen molar-refractivity contribution in [3.8, 4) is 5.75 Å². The zero-order chi connectivity index (χ0) is 24.4. The van der Waals surface area contributed by atoms with Gasteiger partial charge >= 0.3 is 18.2 Å². The van der Waals surface area contributed by atoms with Crippen LogP contribution < -0.4 is 10.1 Å². The number of carbonyl (C=O) groups excluding carboxylic acids is 1. The number of nitrogens with zero attached hydrogens (tertiary/aromatic N) is 1. The van der Waals surface area contributed by atoms with Gasteiger partial charge in [-0.25, -0.2) is 9.59 Å². The van der Waals surface area contributed by atoms with E-state index in [2.05, 4.69) is 5.32 Å². The fraction of sp³-hybridized carbons (Fsp3) is 0.348. The molecular weight excluding hydrogens is 439 g/mol. The van der Waals surface area contributed by atoms with Gasteiger partial charge in [-0.2, -0.15) is 13.2 Å². The first-order valence-electron chi connectivity index (χ1n) is 10.4. The van der Waals surface area contributed by atoms with Crippen molar-refractivity contribution in [2.75, 3.05) is 18.5 Å². The van der Waals surface area contributed by atoms with E-state index < -0.39 is 30.3 Å². The second-order valence-electron chi connectivity index (χ2n) is 7.28. The van der Waals surface area contributed by atoms with Crippen molar-refractivity contribution in [3.05, 3.63) is 59.7 Å². The van der Waals surface area contributed by atoms with E-state index in [4.69, 9.17) is 15.3 Å². The molecule has 2 aromatic carbocycles. The fourth-order valence-electron chi connectivity index (χ4n) is 3.01. The molecule has 0 aromatic heterocycles. The highest BCUT2D eigenvalue weighted by atomic mass is 19.4. The van der Waals surface area contributed by atoms with Gasteiger partial charge in [0.05, 0.1) is 5.56 Å². The maximum absolute atomic E-state index is 12.7. The van der Waals surface area contributed by atoms with Gasteiger partial charge < -0.3 is 15.2 Å². The van der Waals surface area contributed by atoms with E-state index in [0.29, 0.717) is 38.0 Å². The molecule has 0 aliphatic heterocycles. The number of urea groups is 1. The lowest BCUT2D eigenvalue weighted by Gasteiger charge is -2.23. The van der Waals surface area contributed by atoms with Gasteiger partial charge in [-0.15, -0.1) is 0 Å². The topological polar surface area (TPSA) is 103 Å². The number of halogens is 3. The molecule has 0 fully saturated rings. The fourth-order valence-corrected chi connectivity index (χ4v) is 3.01. The standard InChI is InChI=1S/C23H26F3N3O4/c1-2-14-29(22(32)28-18-10-8-17(9-11-18)23(24,25)26)20(27)5-3-4-16-6-12-19(13-7-16)33-15-21(30)31/h6-13,27H,2-5,14-15H2,1H3,(H,28,32)(H,30,31). The highest BCUT2D eigenvalue weighted by Crippen LogP contribution is 2.29. The summed E-state index contributed by atoms with van der Waals surface area (Å²) in [5.74, 6) is -0.498. The number of carbonyl (C=O) groups is 2. The number of hydrogen-bond donors (Lipinski definition) is 3. The minimum absolute atomic E-state index is 0.114. The second kappa shape index (κ2) is 11.9. The third-order valence-electron chi connectivity index (χ3n) is 4.65. The van der Waals surface area contributed by atoms with Gasteiger partial charge in [-0.05, 0) is 61.2 Å². The van der Waals surface area contributed by atoms with Crippen molar-refractivity contribution in [2.24, 2.45) is 0 Å². The van der Waals surface area contributed by atoms with Crippen LogP contribution in [0.2, 0.25) is 0 Å². The van der Waals surface area contributed by atoms with Crippen LogP contribution in [0.1, 0.15) is 37.3 Å². The highest BCUT2D eigenvalue weighted by Gasteiger charge is 2.30. The SMILES string of the molecule is CCCN(C(=N)CCCc1ccc(OCC(=O)O)cc1)C(=O)Nc1ccc(C(F)(F)F)cc1. The highest BCUT2D eigenvalue weighted by molar-refractivity contribution is 6.02. The number of benzene rings is 2. The molecule has 2 rings (SSSR count). The largest absolute Gasteiger partial charge is 0.482 e. The number of amides is 2. The zero-order valence-corrected chi connectivity index (χ0v) is 18.1. The Labute approximate surface area is 189 Å². The molecule has 0 aliphatic carbocycles. The normalized spacial score (nSPS) is 11.0. The Bertz CT molecular complexity index is 945. The van der Waals surface area contributed by atoms with Crippen LogP contribution in [0, 0.1) is 5.41 Å². The Balaban J connectivity index is 1.88. The Hall–Kier alpha value is -3.56. The molecule has 0 unspecified atom stereocenters. The van der Waals surface area contributed by atoms with Crippen LogP contribution >= 0.6 is 0 Å². The van der Waals surface area contributed by atoms with E-state index in [1.807, 2.05) is 19.1 Å². The molecule has 0 atom stereocenters. The lowest BCUT2D eigenvalue weighted by Crippen LogP contribution is -2.40. The van der Waals surface area contributed by atoms with Crippen LogP contribution in [0.25, 0.3) is 0 Å². The summed E-state index contributed by atoms with van der Waals surface area (Å²) in [6.45, 7) is 1.75. The zero-order valence-electron chi connectivity index (χ0n) is 18.1. The third kappa shape index (κ3) is 8.47. The summed E-state index contributed by atoms with van der Waals surface area (Å²) in [4.78, 5) is 24.4. The minimum Gasteiger partial charge on any atom is -0.482 e. The Kier molecular flexibility index (Phi) is 9.26. The maximum Gasteiger partial charge on any atom is 0.416 e. The summed E-state index contributed by atoms with van der Waals surface area (Å²) in [5, 5.41) is 19.5. The van der Waals surface area contributed by atoms with Crippen molar-refractivity contribution in [1.82, 2.24) is 4.90 Å². The van der Waals surface area contributed by atoms with E-state index >= 15 is 0 Å². The number of anilines is 1. The van der Waals surface area contributed by atoms with Gasteiger partial charge in [0, 0.05) is 18.7 Å². The summed E-state index contributed by atoms with van der Waals surface area (Å²) in [6, 6.07) is 10.5. The summed E-state index contributed by atoms with van der Waals surface area (Å²) in [6.07, 6.45) is -2.27. The van der Waals surface area contributed by atoms with Gasteiger partial charge in [-0.3, -0.25) is 10.3 Å². The van der Waals surface area contributed by atoms with Crippen molar-refractivity contribution in [3.63, 3.8) is 0 Å². The molecule has 3 N–H and O–H groups in total. The number of rotatable bonds is 10. The van der Waals surface area contributed by atoms with Gasteiger partial charge in [0.1, 0.15) is 11.6 Å². The van der Waals surface area contributed by atoms with Gasteiger partial charge in [-0.1, -0.05) is 19.1 Å². The molecule has 33 heavy (non-hydrogen) atoms. The van der Waals surface area contributed by atoms with Crippen LogP contribution in [0.5, 0.6) is 5.75 Å². The van der Waals surface area contributed by atoms with Crippen molar-refractivity contribution in [1.29, 1.82) is 5.41 Å². The second-order valence-corrected chi connectivity index (χ2v) is 7.28. The predicted molar refractivity (Wildman–Crippen MR) is 118 cm³/mol. The molecule has 0 radical (unpaired) electrons. The van der Waals surface area contributed by atoms with Crippen molar-refractivity contribution >= 4 is 23.5 Å². The van der Waals surface area contributed by atoms with Gasteiger partial charge in [0.15, 0.2) is 6.61 Å². The number of nitrogens with one attached hydrogen (secondary N) is 2. The molecule has 2 aromatic rings. The van der Waals surface area contributed by atoms with E-state index in [1.54, 1.807) is 12.1 Å². The molecule has 0 bridgehead atoms. The number of alkyl halides is 3. The predicted octanol–water partition coefficient (Wildman–Crippen LogP) is 5.41. The summed E-state index contributed by atoms with van der Waals surface area (Å²) < 4.78 is 43.1. The molecular formula is C23H26F3N3O4. The molecule has 0 spiro atoms. The smallest absolute Gasteiger partial charge is 0.416 e. The Morgan fingerprint density at radius 2 is 1.73 bits per heavy atom.